The van der Waals surface area contributed by atoms with Gasteiger partial charge in [-0.3, -0.25) is 4.99 Å². The van der Waals surface area contributed by atoms with Crippen LogP contribution in [-0.2, 0) is 0 Å². The molecule has 4 nitrogen and oxygen atoms in total. The smallest absolute Gasteiger partial charge is 0.191 e. The molecule has 1 rings (SSSR count). The van der Waals surface area contributed by atoms with Crippen molar-refractivity contribution in [2.45, 2.75) is 52.1 Å². The lowest BCUT2D eigenvalue weighted by molar-refractivity contribution is 0.432. The summed E-state index contributed by atoms with van der Waals surface area (Å²) in [5.41, 5.74) is 0.168. The second kappa shape index (κ2) is 11.0. The summed E-state index contributed by atoms with van der Waals surface area (Å²) in [7, 11) is 0. The fourth-order valence-electron chi connectivity index (χ4n) is 1.97. The maximum atomic E-state index is 4.63. The third kappa shape index (κ3) is 10.1. The van der Waals surface area contributed by atoms with Gasteiger partial charge in [-0.25, -0.2) is 0 Å². The molecule has 1 aliphatic rings. The zero-order chi connectivity index (χ0) is 14.1. The van der Waals surface area contributed by atoms with Crippen LogP contribution in [0.25, 0.3) is 0 Å². The second-order valence-corrected chi connectivity index (χ2v) is 7.15. The topological polar surface area (TPSA) is 48.5 Å². The lowest BCUT2D eigenvalue weighted by Gasteiger charge is -2.25. The summed E-state index contributed by atoms with van der Waals surface area (Å²) < 4.78 is 0. The Hall–Kier alpha value is 0.310. The van der Waals surface area contributed by atoms with E-state index in [0.29, 0.717) is 6.04 Å². The van der Waals surface area contributed by atoms with E-state index in [9.17, 15) is 0 Å². The Labute approximate surface area is 145 Å². The summed E-state index contributed by atoms with van der Waals surface area (Å²) in [5, 5.41) is 10.3. The molecule has 0 aromatic carbocycles. The lowest BCUT2D eigenvalue weighted by atomic mass is 10.1. The fourth-order valence-corrected chi connectivity index (χ4v) is 3.04. The first-order chi connectivity index (χ1) is 9.01. The molecule has 1 atom stereocenters. The van der Waals surface area contributed by atoms with Gasteiger partial charge in [0.15, 0.2) is 5.96 Å². The highest BCUT2D eigenvalue weighted by Gasteiger charge is 2.14. The molecule has 20 heavy (non-hydrogen) atoms. The minimum atomic E-state index is 0. The Balaban J connectivity index is 0.00000361. The Morgan fingerprint density at radius 2 is 2.10 bits per heavy atom. The van der Waals surface area contributed by atoms with Crippen LogP contribution in [0.5, 0.6) is 0 Å². The molecular formula is C14H31IN4S. The fraction of sp³-hybridized carbons (Fsp3) is 0.929. The van der Waals surface area contributed by atoms with Gasteiger partial charge in [-0.15, -0.1) is 24.0 Å². The quantitative estimate of drug-likeness (QED) is 0.280. The normalized spacial score (nSPS) is 20.2. The van der Waals surface area contributed by atoms with Crippen molar-refractivity contribution < 1.29 is 0 Å². The van der Waals surface area contributed by atoms with Crippen molar-refractivity contribution in [1.82, 2.24) is 16.0 Å². The summed E-state index contributed by atoms with van der Waals surface area (Å²) in [5.74, 6) is 3.47. The minimum absolute atomic E-state index is 0. The number of aliphatic imine (C=N–C) groups is 1. The van der Waals surface area contributed by atoms with Gasteiger partial charge >= 0.3 is 0 Å². The second-order valence-electron chi connectivity index (χ2n) is 6.00. The highest BCUT2D eigenvalue weighted by molar-refractivity contribution is 14.0. The number of nitrogens with one attached hydrogen (secondary N) is 3. The van der Waals surface area contributed by atoms with E-state index in [-0.39, 0.29) is 29.5 Å². The number of rotatable bonds is 5. The number of hydrogen-bond donors (Lipinski definition) is 3. The molecule has 0 aliphatic carbocycles. The maximum Gasteiger partial charge on any atom is 0.191 e. The Kier molecular flexibility index (Phi) is 11.1. The molecule has 0 spiro atoms. The molecular weight excluding hydrogens is 383 g/mol. The van der Waals surface area contributed by atoms with Gasteiger partial charge in [0.25, 0.3) is 0 Å². The van der Waals surface area contributed by atoms with Gasteiger partial charge in [0, 0.05) is 30.4 Å². The zero-order valence-corrected chi connectivity index (χ0v) is 16.4. The van der Waals surface area contributed by atoms with E-state index in [1.54, 1.807) is 0 Å². The average molecular weight is 414 g/mol. The Bertz CT molecular complexity index is 273. The number of thioether (sulfide) groups is 1. The SMILES string of the molecule is CCNC(=NCCNC(C)(C)C)NC1CCCSC1.I. The molecule has 0 aromatic rings. The molecule has 1 unspecified atom stereocenters. The van der Waals surface area contributed by atoms with Crippen LogP contribution in [0.3, 0.4) is 0 Å². The van der Waals surface area contributed by atoms with Crippen molar-refractivity contribution in [2.75, 3.05) is 31.1 Å². The number of guanidine groups is 1. The van der Waals surface area contributed by atoms with Gasteiger partial charge in [-0.1, -0.05) is 0 Å². The van der Waals surface area contributed by atoms with Crippen molar-refractivity contribution in [3.05, 3.63) is 0 Å². The first-order valence-electron chi connectivity index (χ1n) is 7.39. The van der Waals surface area contributed by atoms with Gasteiger partial charge in [0.1, 0.15) is 0 Å². The predicted octanol–water partition coefficient (Wildman–Crippen LogP) is 2.44. The van der Waals surface area contributed by atoms with E-state index in [2.05, 4.69) is 48.6 Å². The molecule has 0 saturated carbocycles. The molecule has 1 aliphatic heterocycles. The van der Waals surface area contributed by atoms with Crippen LogP contribution in [-0.4, -0.2) is 48.7 Å². The summed E-state index contributed by atoms with van der Waals surface area (Å²) in [6.07, 6.45) is 2.57. The molecule has 1 fully saturated rings. The summed E-state index contributed by atoms with van der Waals surface area (Å²) in [6, 6.07) is 0.576. The van der Waals surface area contributed by atoms with E-state index in [4.69, 9.17) is 0 Å². The van der Waals surface area contributed by atoms with Gasteiger partial charge in [-0.2, -0.15) is 11.8 Å². The molecule has 1 heterocycles. The molecule has 0 aromatic heterocycles. The van der Waals surface area contributed by atoms with Crippen LogP contribution in [0.15, 0.2) is 4.99 Å². The first kappa shape index (κ1) is 20.3. The van der Waals surface area contributed by atoms with Crippen LogP contribution < -0.4 is 16.0 Å². The summed E-state index contributed by atoms with van der Waals surface area (Å²) in [4.78, 5) is 4.63. The average Bonchev–Trinajstić information content (AvgIpc) is 2.35. The van der Waals surface area contributed by atoms with Gasteiger partial charge in [-0.05, 0) is 46.3 Å². The Morgan fingerprint density at radius 1 is 1.35 bits per heavy atom. The monoisotopic (exact) mass is 414 g/mol. The van der Waals surface area contributed by atoms with Crippen molar-refractivity contribution in [1.29, 1.82) is 0 Å². The Morgan fingerprint density at radius 3 is 2.65 bits per heavy atom. The number of halogens is 1. The van der Waals surface area contributed by atoms with Crippen molar-refractivity contribution in [3.63, 3.8) is 0 Å². The van der Waals surface area contributed by atoms with Crippen LogP contribution in [0.2, 0.25) is 0 Å². The lowest BCUT2D eigenvalue weighted by Crippen LogP contribution is -2.46. The van der Waals surface area contributed by atoms with E-state index in [1.165, 1.54) is 24.3 Å². The minimum Gasteiger partial charge on any atom is -0.357 e. The standard InChI is InChI=1S/C14H30N4S.HI/c1-5-15-13(16-8-9-17-14(2,3)4)18-12-7-6-10-19-11-12;/h12,17H,5-11H2,1-4H3,(H2,15,16,18);1H. The van der Waals surface area contributed by atoms with E-state index >= 15 is 0 Å². The summed E-state index contributed by atoms with van der Waals surface area (Å²) >= 11 is 2.04. The van der Waals surface area contributed by atoms with E-state index < -0.39 is 0 Å². The van der Waals surface area contributed by atoms with Gasteiger partial charge < -0.3 is 16.0 Å². The summed E-state index contributed by atoms with van der Waals surface area (Å²) in [6.45, 7) is 11.3. The third-order valence-corrected chi connectivity index (χ3v) is 4.10. The number of nitrogens with zero attached hydrogens (tertiary/aromatic N) is 1. The molecule has 6 heteroatoms. The molecule has 1 saturated heterocycles. The zero-order valence-electron chi connectivity index (χ0n) is 13.3. The van der Waals surface area contributed by atoms with Crippen LogP contribution in [0.4, 0.5) is 0 Å². The van der Waals surface area contributed by atoms with E-state index in [0.717, 1.165) is 25.6 Å². The molecule has 120 valence electrons. The maximum absolute atomic E-state index is 4.63. The van der Waals surface area contributed by atoms with Crippen LogP contribution >= 0.6 is 35.7 Å². The van der Waals surface area contributed by atoms with Crippen molar-refractivity contribution in [2.24, 2.45) is 4.99 Å². The third-order valence-electron chi connectivity index (χ3n) is 2.88. The largest absolute Gasteiger partial charge is 0.357 e. The van der Waals surface area contributed by atoms with Crippen LogP contribution in [0, 0.1) is 0 Å². The van der Waals surface area contributed by atoms with Crippen molar-refractivity contribution in [3.8, 4) is 0 Å². The molecule has 0 radical (unpaired) electrons. The van der Waals surface area contributed by atoms with Crippen molar-refractivity contribution >= 4 is 41.7 Å². The highest BCUT2D eigenvalue weighted by Crippen LogP contribution is 2.16. The first-order valence-corrected chi connectivity index (χ1v) is 8.54. The van der Waals surface area contributed by atoms with E-state index in [1.807, 2.05) is 11.8 Å². The highest BCUT2D eigenvalue weighted by atomic mass is 127. The molecule has 0 amide bonds. The van der Waals surface area contributed by atoms with Gasteiger partial charge in [0.05, 0.1) is 6.54 Å². The predicted molar refractivity (Wildman–Crippen MR) is 103 cm³/mol. The van der Waals surface area contributed by atoms with Crippen LogP contribution in [0.1, 0.15) is 40.5 Å². The number of hydrogen-bond acceptors (Lipinski definition) is 3. The van der Waals surface area contributed by atoms with Gasteiger partial charge in [0.2, 0.25) is 0 Å². The molecule has 3 N–H and O–H groups in total. The molecule has 0 bridgehead atoms.